The number of hydrogen-bond acceptors (Lipinski definition) is 3. The Hall–Kier alpha value is -3.47. The van der Waals surface area contributed by atoms with Crippen molar-refractivity contribution >= 4 is 16.7 Å². The molecule has 0 aliphatic carbocycles. The van der Waals surface area contributed by atoms with Gasteiger partial charge >= 0.3 is 0 Å². The van der Waals surface area contributed by atoms with Crippen LogP contribution < -0.4 is 0 Å². The number of aromatic nitrogens is 2. The van der Waals surface area contributed by atoms with Crippen molar-refractivity contribution in [1.82, 2.24) is 9.97 Å². The molecule has 122 valence electrons. The Bertz CT molecular complexity index is 987. The fourth-order valence-electron chi connectivity index (χ4n) is 3.06. The largest absolute Gasteiger partial charge is 0.341 e. The van der Waals surface area contributed by atoms with E-state index in [-0.39, 0.29) is 11.6 Å². The number of H-pyrrole nitrogens is 1. The van der Waals surface area contributed by atoms with Gasteiger partial charge in [-0.05, 0) is 17.2 Å². The lowest BCUT2D eigenvalue weighted by Crippen LogP contribution is -2.05. The zero-order valence-electron chi connectivity index (χ0n) is 13.3. The van der Waals surface area contributed by atoms with Gasteiger partial charge in [-0.2, -0.15) is 0 Å². The van der Waals surface area contributed by atoms with Gasteiger partial charge in [-0.1, -0.05) is 60.7 Å². The van der Waals surface area contributed by atoms with E-state index in [1.165, 1.54) is 12.1 Å². The molecule has 5 nitrogen and oxygen atoms in total. The minimum absolute atomic E-state index is 0.0431. The molecule has 1 heterocycles. The van der Waals surface area contributed by atoms with Gasteiger partial charge < -0.3 is 4.98 Å². The summed E-state index contributed by atoms with van der Waals surface area (Å²) in [6.07, 6.45) is 0. The second-order valence-electron chi connectivity index (χ2n) is 5.83. The summed E-state index contributed by atoms with van der Waals surface area (Å²) < 4.78 is 0. The number of benzene rings is 3. The van der Waals surface area contributed by atoms with E-state index >= 15 is 0 Å². The van der Waals surface area contributed by atoms with Crippen LogP contribution in [0.5, 0.6) is 0 Å². The van der Waals surface area contributed by atoms with Gasteiger partial charge in [-0.3, -0.25) is 10.1 Å². The highest BCUT2D eigenvalue weighted by molar-refractivity contribution is 5.78. The molecule has 0 bridgehead atoms. The number of rotatable bonds is 4. The number of nitrogens with one attached hydrogen (secondary N) is 1. The van der Waals surface area contributed by atoms with Crippen molar-refractivity contribution in [2.75, 3.05) is 0 Å². The predicted molar refractivity (Wildman–Crippen MR) is 96.6 cm³/mol. The Kier molecular flexibility index (Phi) is 3.74. The molecule has 1 aromatic heterocycles. The highest BCUT2D eigenvalue weighted by Gasteiger charge is 2.20. The molecule has 3 aromatic carbocycles. The molecule has 0 unspecified atom stereocenters. The molecule has 0 radical (unpaired) electrons. The van der Waals surface area contributed by atoms with Gasteiger partial charge in [0, 0.05) is 12.1 Å². The first-order valence-electron chi connectivity index (χ1n) is 7.96. The number of nitrogens with zero attached hydrogens (tertiary/aromatic N) is 2. The Morgan fingerprint density at radius 3 is 2.04 bits per heavy atom. The molecular weight excluding hydrogens is 314 g/mol. The van der Waals surface area contributed by atoms with E-state index in [0.717, 1.165) is 22.5 Å². The van der Waals surface area contributed by atoms with Crippen molar-refractivity contribution in [3.63, 3.8) is 0 Å². The van der Waals surface area contributed by atoms with Crippen LogP contribution in [0.4, 0.5) is 5.69 Å². The van der Waals surface area contributed by atoms with Crippen LogP contribution in [0.1, 0.15) is 22.9 Å². The maximum Gasteiger partial charge on any atom is 0.271 e. The third-order valence-corrected chi connectivity index (χ3v) is 4.24. The number of fused-ring (bicyclic) bond motifs is 1. The van der Waals surface area contributed by atoms with E-state index in [4.69, 9.17) is 0 Å². The van der Waals surface area contributed by atoms with E-state index in [9.17, 15) is 10.1 Å². The topological polar surface area (TPSA) is 71.8 Å². The van der Waals surface area contributed by atoms with E-state index in [0.29, 0.717) is 5.52 Å². The van der Waals surface area contributed by atoms with Gasteiger partial charge in [0.1, 0.15) is 5.82 Å². The summed E-state index contributed by atoms with van der Waals surface area (Å²) in [6.45, 7) is 0. The van der Waals surface area contributed by atoms with Crippen LogP contribution in [-0.2, 0) is 0 Å². The van der Waals surface area contributed by atoms with Gasteiger partial charge in [0.05, 0.1) is 21.9 Å². The predicted octanol–water partition coefficient (Wildman–Crippen LogP) is 4.65. The first kappa shape index (κ1) is 15.1. The van der Waals surface area contributed by atoms with Crippen molar-refractivity contribution in [3.8, 4) is 0 Å². The molecular formula is C20H15N3O2. The third-order valence-electron chi connectivity index (χ3n) is 4.24. The van der Waals surface area contributed by atoms with Crippen LogP contribution in [0.15, 0.2) is 78.9 Å². The molecule has 0 saturated carbocycles. The van der Waals surface area contributed by atoms with Crippen molar-refractivity contribution < 1.29 is 4.92 Å². The standard InChI is InChI=1S/C20H15N3O2/c24-23(25)16-11-12-17-18(13-16)22-20(21-17)19(14-7-3-1-4-8-14)15-9-5-2-6-10-15/h1-13,19H,(H,21,22). The van der Waals surface area contributed by atoms with Crippen LogP contribution in [-0.4, -0.2) is 14.9 Å². The highest BCUT2D eigenvalue weighted by atomic mass is 16.6. The molecule has 0 aliphatic rings. The maximum atomic E-state index is 11.0. The van der Waals surface area contributed by atoms with Crippen LogP contribution in [0.25, 0.3) is 11.0 Å². The van der Waals surface area contributed by atoms with Crippen molar-refractivity contribution in [3.05, 3.63) is 106 Å². The Labute approximate surface area is 144 Å². The lowest BCUT2D eigenvalue weighted by atomic mass is 9.91. The normalized spacial score (nSPS) is 11.1. The van der Waals surface area contributed by atoms with Crippen LogP contribution >= 0.6 is 0 Å². The fraction of sp³-hybridized carbons (Fsp3) is 0.0500. The Balaban J connectivity index is 1.87. The second-order valence-corrected chi connectivity index (χ2v) is 5.83. The summed E-state index contributed by atoms with van der Waals surface area (Å²) in [5, 5.41) is 11.0. The lowest BCUT2D eigenvalue weighted by molar-refractivity contribution is -0.384. The highest BCUT2D eigenvalue weighted by Crippen LogP contribution is 2.31. The number of aromatic amines is 1. The number of non-ortho nitro benzene ring substituents is 1. The van der Waals surface area contributed by atoms with Gasteiger partial charge in [0.15, 0.2) is 0 Å². The van der Waals surface area contributed by atoms with E-state index in [1.807, 2.05) is 36.4 Å². The molecule has 0 atom stereocenters. The second kappa shape index (κ2) is 6.20. The zero-order chi connectivity index (χ0) is 17.2. The third kappa shape index (κ3) is 2.87. The molecule has 1 N–H and O–H groups in total. The molecule has 4 rings (SSSR count). The lowest BCUT2D eigenvalue weighted by Gasteiger charge is -2.15. The van der Waals surface area contributed by atoms with E-state index < -0.39 is 4.92 Å². The van der Waals surface area contributed by atoms with Crippen molar-refractivity contribution in [2.45, 2.75) is 5.92 Å². The van der Waals surface area contributed by atoms with Crippen molar-refractivity contribution in [2.24, 2.45) is 0 Å². The Morgan fingerprint density at radius 2 is 1.48 bits per heavy atom. The fourth-order valence-corrected chi connectivity index (χ4v) is 3.06. The summed E-state index contributed by atoms with van der Waals surface area (Å²) in [5.41, 5.74) is 3.66. The molecule has 0 fully saturated rings. The maximum absolute atomic E-state index is 11.0. The average molecular weight is 329 g/mol. The smallest absolute Gasteiger partial charge is 0.271 e. The Morgan fingerprint density at radius 1 is 0.880 bits per heavy atom. The van der Waals surface area contributed by atoms with Crippen LogP contribution in [0, 0.1) is 10.1 Å². The SMILES string of the molecule is O=[N+]([O-])c1ccc2[nH]c(C(c3ccccc3)c3ccccc3)nc2c1. The molecule has 5 heteroatoms. The molecule has 0 saturated heterocycles. The van der Waals surface area contributed by atoms with Gasteiger partial charge in [0.2, 0.25) is 0 Å². The molecule has 0 spiro atoms. The summed E-state index contributed by atoms with van der Waals surface area (Å²) in [7, 11) is 0. The molecule has 0 aliphatic heterocycles. The number of hydrogen-bond donors (Lipinski definition) is 1. The van der Waals surface area contributed by atoms with E-state index in [2.05, 4.69) is 34.2 Å². The van der Waals surface area contributed by atoms with Gasteiger partial charge in [-0.25, -0.2) is 4.98 Å². The number of nitro benzene ring substituents is 1. The first-order valence-corrected chi connectivity index (χ1v) is 7.96. The average Bonchev–Trinajstić information content (AvgIpc) is 3.06. The first-order chi connectivity index (χ1) is 12.2. The van der Waals surface area contributed by atoms with E-state index in [1.54, 1.807) is 6.07 Å². The monoisotopic (exact) mass is 329 g/mol. The summed E-state index contributed by atoms with van der Waals surface area (Å²) in [4.78, 5) is 18.6. The van der Waals surface area contributed by atoms with Crippen LogP contribution in [0.2, 0.25) is 0 Å². The van der Waals surface area contributed by atoms with Gasteiger partial charge in [-0.15, -0.1) is 0 Å². The summed E-state index contributed by atoms with van der Waals surface area (Å²) in [6, 6.07) is 24.9. The number of nitro groups is 1. The van der Waals surface area contributed by atoms with Crippen LogP contribution in [0.3, 0.4) is 0 Å². The summed E-state index contributed by atoms with van der Waals surface area (Å²) >= 11 is 0. The quantitative estimate of drug-likeness (QED) is 0.437. The summed E-state index contributed by atoms with van der Waals surface area (Å²) in [5.74, 6) is 0.710. The molecule has 25 heavy (non-hydrogen) atoms. The number of imidazole rings is 1. The molecule has 4 aromatic rings. The zero-order valence-corrected chi connectivity index (χ0v) is 13.3. The van der Waals surface area contributed by atoms with Gasteiger partial charge in [0.25, 0.3) is 5.69 Å². The molecule has 0 amide bonds. The van der Waals surface area contributed by atoms with Crippen molar-refractivity contribution in [1.29, 1.82) is 0 Å². The minimum Gasteiger partial charge on any atom is -0.341 e. The minimum atomic E-state index is -0.403.